The summed E-state index contributed by atoms with van der Waals surface area (Å²) >= 11 is 1.95. The fraction of sp³-hybridized carbons (Fsp3) is 0.615. The Hall–Kier alpha value is -0.940. The molecule has 0 saturated carbocycles. The Balaban J connectivity index is 1.75. The fourth-order valence-electron chi connectivity index (χ4n) is 2.13. The molecule has 2 rings (SSSR count). The van der Waals surface area contributed by atoms with Crippen molar-refractivity contribution in [1.29, 1.82) is 0 Å². The lowest BCUT2D eigenvalue weighted by molar-refractivity contribution is 0.127. The molecule has 0 amide bonds. The molecule has 2 N–H and O–H groups in total. The highest BCUT2D eigenvalue weighted by Gasteiger charge is 2.23. The third-order valence-corrected chi connectivity index (χ3v) is 4.76. The van der Waals surface area contributed by atoms with Crippen LogP contribution in [0.25, 0.3) is 0 Å². The summed E-state index contributed by atoms with van der Waals surface area (Å²) in [6.07, 6.45) is 4.21. The molecular weight excluding hydrogens is 248 g/mol. The lowest BCUT2D eigenvalue weighted by atomic mass is 10.3. The van der Waals surface area contributed by atoms with Gasteiger partial charge in [-0.3, -0.25) is 4.79 Å². The molecule has 2 heterocycles. The molecule has 1 aliphatic heterocycles. The predicted molar refractivity (Wildman–Crippen MR) is 76.0 cm³/mol. The zero-order valence-corrected chi connectivity index (χ0v) is 11.5. The maximum atomic E-state index is 11.6. The standard InChI is InChI=1S/C13H20N2O2S/c1-10-12(5-7-17-10)18-8-2-6-15-9-11(14)3-4-13(15)16/h3-4,9-10,12H,2,5-8,14H2,1H3. The number of rotatable bonds is 5. The summed E-state index contributed by atoms with van der Waals surface area (Å²) in [6, 6.07) is 3.17. The first-order valence-corrected chi connectivity index (χ1v) is 7.41. The molecule has 18 heavy (non-hydrogen) atoms. The number of hydrogen-bond donors (Lipinski definition) is 1. The molecule has 1 fully saturated rings. The van der Waals surface area contributed by atoms with Gasteiger partial charge in [0.1, 0.15) is 0 Å². The van der Waals surface area contributed by atoms with Gasteiger partial charge in [0.25, 0.3) is 5.56 Å². The van der Waals surface area contributed by atoms with Gasteiger partial charge in [-0.05, 0) is 31.6 Å². The Morgan fingerprint density at radius 1 is 1.56 bits per heavy atom. The number of hydrogen-bond acceptors (Lipinski definition) is 4. The van der Waals surface area contributed by atoms with Crippen LogP contribution in [0.1, 0.15) is 19.8 Å². The third-order valence-electron chi connectivity index (χ3n) is 3.19. The highest BCUT2D eigenvalue weighted by molar-refractivity contribution is 7.99. The third kappa shape index (κ3) is 3.53. The number of pyridine rings is 1. The van der Waals surface area contributed by atoms with Gasteiger partial charge in [-0.1, -0.05) is 0 Å². The van der Waals surface area contributed by atoms with E-state index in [1.165, 1.54) is 6.07 Å². The van der Waals surface area contributed by atoms with Gasteiger partial charge in [0.2, 0.25) is 0 Å². The summed E-state index contributed by atoms with van der Waals surface area (Å²) in [7, 11) is 0. The van der Waals surface area contributed by atoms with Gasteiger partial charge in [0, 0.05) is 36.4 Å². The van der Waals surface area contributed by atoms with Crippen molar-refractivity contribution in [3.63, 3.8) is 0 Å². The van der Waals surface area contributed by atoms with Gasteiger partial charge in [0.15, 0.2) is 0 Å². The first kappa shape index (κ1) is 13.5. The van der Waals surface area contributed by atoms with Crippen molar-refractivity contribution in [3.8, 4) is 0 Å². The van der Waals surface area contributed by atoms with Crippen LogP contribution in [0, 0.1) is 0 Å². The van der Waals surface area contributed by atoms with E-state index >= 15 is 0 Å². The number of anilines is 1. The van der Waals surface area contributed by atoms with E-state index in [1.807, 2.05) is 11.8 Å². The largest absolute Gasteiger partial charge is 0.398 e. The van der Waals surface area contributed by atoms with Crippen LogP contribution in [-0.2, 0) is 11.3 Å². The number of nitrogen functional groups attached to an aromatic ring is 1. The van der Waals surface area contributed by atoms with E-state index in [0.717, 1.165) is 31.7 Å². The molecular formula is C13H20N2O2S. The summed E-state index contributed by atoms with van der Waals surface area (Å²) in [5.74, 6) is 1.06. The number of thioether (sulfide) groups is 1. The van der Waals surface area contributed by atoms with Crippen molar-refractivity contribution in [2.75, 3.05) is 18.1 Å². The molecule has 4 nitrogen and oxygen atoms in total. The summed E-state index contributed by atoms with van der Waals surface area (Å²) in [5, 5.41) is 0.613. The Morgan fingerprint density at radius 2 is 2.39 bits per heavy atom. The molecule has 0 bridgehead atoms. The quantitative estimate of drug-likeness (QED) is 0.826. The number of aryl methyl sites for hydroxylation is 1. The van der Waals surface area contributed by atoms with Crippen molar-refractivity contribution >= 4 is 17.4 Å². The summed E-state index contributed by atoms with van der Waals surface area (Å²) in [5.41, 5.74) is 6.33. The van der Waals surface area contributed by atoms with Crippen LogP contribution in [0.4, 0.5) is 5.69 Å². The molecule has 0 radical (unpaired) electrons. The van der Waals surface area contributed by atoms with Crippen molar-refractivity contribution in [3.05, 3.63) is 28.7 Å². The first-order valence-electron chi connectivity index (χ1n) is 6.36. The second kappa shape index (κ2) is 6.29. The second-order valence-corrected chi connectivity index (χ2v) is 5.97. The van der Waals surface area contributed by atoms with Crippen molar-refractivity contribution in [2.45, 2.75) is 37.7 Å². The minimum atomic E-state index is 0.0202. The van der Waals surface area contributed by atoms with Gasteiger partial charge in [-0.15, -0.1) is 0 Å². The van der Waals surface area contributed by atoms with E-state index < -0.39 is 0 Å². The molecule has 1 aromatic heterocycles. The maximum absolute atomic E-state index is 11.6. The van der Waals surface area contributed by atoms with Crippen LogP contribution >= 0.6 is 11.8 Å². The molecule has 0 aliphatic carbocycles. The Bertz CT molecular complexity index is 447. The molecule has 5 heteroatoms. The van der Waals surface area contributed by atoms with Gasteiger partial charge in [-0.25, -0.2) is 0 Å². The maximum Gasteiger partial charge on any atom is 0.250 e. The molecule has 0 aromatic carbocycles. The van der Waals surface area contributed by atoms with E-state index in [1.54, 1.807) is 16.8 Å². The minimum absolute atomic E-state index is 0.0202. The van der Waals surface area contributed by atoms with Crippen molar-refractivity contribution in [1.82, 2.24) is 4.57 Å². The number of nitrogens with zero attached hydrogens (tertiary/aromatic N) is 1. The van der Waals surface area contributed by atoms with Crippen LogP contribution in [0.15, 0.2) is 23.1 Å². The molecule has 1 saturated heterocycles. The van der Waals surface area contributed by atoms with Gasteiger partial charge in [-0.2, -0.15) is 11.8 Å². The van der Waals surface area contributed by atoms with Crippen LogP contribution in [0.3, 0.4) is 0 Å². The molecule has 2 unspecified atom stereocenters. The van der Waals surface area contributed by atoms with Crippen LogP contribution in [-0.4, -0.2) is 28.3 Å². The molecule has 1 aromatic rings. The second-order valence-electron chi connectivity index (χ2n) is 4.62. The van der Waals surface area contributed by atoms with Gasteiger partial charge >= 0.3 is 0 Å². The highest BCUT2D eigenvalue weighted by atomic mass is 32.2. The number of ether oxygens (including phenoxy) is 1. The predicted octanol–water partition coefficient (Wildman–Crippen LogP) is 1.73. The summed E-state index contributed by atoms with van der Waals surface area (Å²) < 4.78 is 7.21. The summed E-state index contributed by atoms with van der Waals surface area (Å²) in [4.78, 5) is 11.6. The Labute approximate surface area is 112 Å². The van der Waals surface area contributed by atoms with E-state index in [4.69, 9.17) is 10.5 Å². The normalized spacial score (nSPS) is 23.4. The summed E-state index contributed by atoms with van der Waals surface area (Å²) in [6.45, 7) is 3.75. The zero-order valence-electron chi connectivity index (χ0n) is 10.7. The van der Waals surface area contributed by atoms with Crippen LogP contribution in [0.2, 0.25) is 0 Å². The average molecular weight is 268 g/mol. The lowest BCUT2D eigenvalue weighted by Crippen LogP contribution is -2.20. The number of nitrogens with two attached hydrogens (primary N) is 1. The smallest absolute Gasteiger partial charge is 0.250 e. The Morgan fingerprint density at radius 3 is 3.11 bits per heavy atom. The monoisotopic (exact) mass is 268 g/mol. The molecule has 2 atom stereocenters. The van der Waals surface area contributed by atoms with Crippen molar-refractivity contribution < 1.29 is 4.74 Å². The highest BCUT2D eigenvalue weighted by Crippen LogP contribution is 2.26. The van der Waals surface area contributed by atoms with Crippen LogP contribution < -0.4 is 11.3 Å². The van der Waals surface area contributed by atoms with Crippen molar-refractivity contribution in [2.24, 2.45) is 0 Å². The van der Waals surface area contributed by atoms with Gasteiger partial charge < -0.3 is 15.0 Å². The van der Waals surface area contributed by atoms with E-state index in [-0.39, 0.29) is 5.56 Å². The molecule has 100 valence electrons. The molecule has 0 spiro atoms. The topological polar surface area (TPSA) is 57.2 Å². The fourth-order valence-corrected chi connectivity index (χ4v) is 3.34. The number of aromatic nitrogens is 1. The van der Waals surface area contributed by atoms with E-state index in [0.29, 0.717) is 17.0 Å². The SMILES string of the molecule is CC1OCCC1SCCCn1cc(N)ccc1=O. The van der Waals surface area contributed by atoms with Gasteiger partial charge in [0.05, 0.1) is 6.10 Å². The first-order chi connectivity index (χ1) is 8.66. The van der Waals surface area contributed by atoms with Crippen LogP contribution in [0.5, 0.6) is 0 Å². The molecule has 1 aliphatic rings. The van der Waals surface area contributed by atoms with E-state index in [2.05, 4.69) is 6.92 Å². The Kier molecular flexibility index (Phi) is 4.72. The van der Waals surface area contributed by atoms with E-state index in [9.17, 15) is 4.79 Å². The zero-order chi connectivity index (χ0) is 13.0. The minimum Gasteiger partial charge on any atom is -0.398 e. The lowest BCUT2D eigenvalue weighted by Gasteiger charge is -2.13. The average Bonchev–Trinajstić information content (AvgIpc) is 2.75.